The number of hydrogen-bond acceptors (Lipinski definition) is 4. The van der Waals surface area contributed by atoms with E-state index in [0.29, 0.717) is 17.5 Å². The summed E-state index contributed by atoms with van der Waals surface area (Å²) in [6.07, 6.45) is 1.87. The lowest BCUT2D eigenvalue weighted by Crippen LogP contribution is -2.01. The molecule has 0 aliphatic carbocycles. The van der Waals surface area contributed by atoms with Crippen molar-refractivity contribution in [1.29, 1.82) is 0 Å². The van der Waals surface area contributed by atoms with Gasteiger partial charge in [-0.25, -0.2) is 15.0 Å². The first-order chi connectivity index (χ1) is 24.8. The van der Waals surface area contributed by atoms with Gasteiger partial charge in [0.1, 0.15) is 5.69 Å². The molecule has 0 aliphatic heterocycles. The highest BCUT2D eigenvalue weighted by atomic mass is 15.0. The van der Waals surface area contributed by atoms with Gasteiger partial charge in [-0.15, -0.1) is 0 Å². The van der Waals surface area contributed by atoms with Crippen molar-refractivity contribution in [2.75, 3.05) is 0 Å². The van der Waals surface area contributed by atoms with Gasteiger partial charge in [-0.1, -0.05) is 152 Å². The summed E-state index contributed by atoms with van der Waals surface area (Å²) in [7, 11) is 0. The van der Waals surface area contributed by atoms with Gasteiger partial charge in [-0.05, 0) is 71.7 Å². The van der Waals surface area contributed by atoms with Crippen LogP contribution in [0.2, 0.25) is 0 Å². The van der Waals surface area contributed by atoms with Crippen LogP contribution in [0.3, 0.4) is 0 Å². The number of aromatic nitrogens is 4. The Morgan fingerprint density at radius 1 is 0.320 bits per heavy atom. The van der Waals surface area contributed by atoms with Crippen LogP contribution in [0.4, 0.5) is 0 Å². The summed E-state index contributed by atoms with van der Waals surface area (Å²) in [5.41, 5.74) is 4.91. The van der Waals surface area contributed by atoms with E-state index in [1.54, 1.807) is 0 Å². The van der Waals surface area contributed by atoms with E-state index in [9.17, 15) is 0 Å². The van der Waals surface area contributed by atoms with Crippen molar-refractivity contribution in [2.24, 2.45) is 0 Å². The van der Waals surface area contributed by atoms with Crippen molar-refractivity contribution < 1.29 is 0 Å². The zero-order valence-corrected chi connectivity index (χ0v) is 27.0. The van der Waals surface area contributed by atoms with Crippen LogP contribution in [0.15, 0.2) is 170 Å². The van der Waals surface area contributed by atoms with E-state index in [0.717, 1.165) is 33.2 Å². The Morgan fingerprint density at radius 3 is 1.70 bits per heavy atom. The third-order valence-electron chi connectivity index (χ3n) is 9.75. The highest BCUT2D eigenvalue weighted by Crippen LogP contribution is 2.37. The molecule has 0 N–H and O–H groups in total. The molecule has 0 aliphatic rings. The van der Waals surface area contributed by atoms with Gasteiger partial charge in [-0.3, -0.25) is 4.98 Å². The molecule has 0 fully saturated rings. The summed E-state index contributed by atoms with van der Waals surface area (Å²) < 4.78 is 0. The van der Waals surface area contributed by atoms with Crippen molar-refractivity contribution in [2.45, 2.75) is 0 Å². The van der Waals surface area contributed by atoms with Crippen LogP contribution in [0.1, 0.15) is 0 Å². The molecule has 232 valence electrons. The van der Waals surface area contributed by atoms with Crippen molar-refractivity contribution >= 4 is 53.9 Å². The summed E-state index contributed by atoms with van der Waals surface area (Å²) in [6.45, 7) is 0. The number of fused-ring (bicyclic) bond motifs is 8. The fourth-order valence-electron chi connectivity index (χ4n) is 7.36. The van der Waals surface area contributed by atoms with Crippen LogP contribution in [-0.4, -0.2) is 19.9 Å². The Balaban J connectivity index is 1.15. The minimum Gasteiger partial charge on any atom is -0.252 e. The highest BCUT2D eigenvalue weighted by molar-refractivity contribution is 6.21. The number of rotatable bonds is 4. The molecule has 50 heavy (non-hydrogen) atoms. The third kappa shape index (κ3) is 4.61. The van der Waals surface area contributed by atoms with Crippen molar-refractivity contribution in [3.05, 3.63) is 170 Å². The predicted octanol–water partition coefficient (Wildman–Crippen LogP) is 11.7. The molecule has 0 saturated heterocycles. The monoisotopic (exact) mass is 636 g/mol. The number of pyridine rings is 1. The van der Waals surface area contributed by atoms with Gasteiger partial charge in [0.15, 0.2) is 17.5 Å². The Hall–Kier alpha value is -6.78. The fraction of sp³-hybridized carbons (Fsp3) is 0. The van der Waals surface area contributed by atoms with E-state index in [-0.39, 0.29) is 0 Å². The van der Waals surface area contributed by atoms with Gasteiger partial charge in [-0.2, -0.15) is 0 Å². The van der Waals surface area contributed by atoms with Crippen molar-refractivity contribution in [3.63, 3.8) is 0 Å². The van der Waals surface area contributed by atoms with E-state index in [4.69, 9.17) is 19.9 Å². The molecule has 2 heterocycles. The summed E-state index contributed by atoms with van der Waals surface area (Å²) in [6, 6.07) is 57.5. The third-order valence-corrected chi connectivity index (χ3v) is 9.75. The number of benzene rings is 8. The van der Waals surface area contributed by atoms with Gasteiger partial charge >= 0.3 is 0 Å². The van der Waals surface area contributed by atoms with Crippen LogP contribution in [-0.2, 0) is 0 Å². The summed E-state index contributed by atoms with van der Waals surface area (Å²) in [5, 5.41) is 11.9. The summed E-state index contributed by atoms with van der Waals surface area (Å²) >= 11 is 0. The molecule has 0 amide bonds. The zero-order valence-electron chi connectivity index (χ0n) is 27.0. The average molecular weight is 637 g/mol. The molecule has 10 rings (SSSR count). The largest absolute Gasteiger partial charge is 0.252 e. The molecule has 10 aromatic rings. The first-order valence-corrected chi connectivity index (χ1v) is 16.8. The molecule has 0 unspecified atom stereocenters. The lowest BCUT2D eigenvalue weighted by molar-refractivity contribution is 1.06. The Labute approximate surface area is 288 Å². The van der Waals surface area contributed by atoms with E-state index in [2.05, 4.69) is 133 Å². The fourth-order valence-corrected chi connectivity index (χ4v) is 7.36. The summed E-state index contributed by atoms with van der Waals surface area (Å²) in [4.78, 5) is 20.0. The van der Waals surface area contributed by atoms with Gasteiger partial charge in [0.2, 0.25) is 0 Å². The van der Waals surface area contributed by atoms with E-state index >= 15 is 0 Å². The molecule has 8 aromatic carbocycles. The van der Waals surface area contributed by atoms with Crippen LogP contribution >= 0.6 is 0 Å². The standard InChI is InChI=1S/C46H28N4/c1-2-11-32(12-3-1)44-48-45(33-22-19-30(20-23-33)41-28-34-13-5-6-14-35(34)37-16-8-9-17-38(37)41)50-46(49-44)43-40-25-24-31-21-18-29-10-4-7-15-36(29)42(31)39(40)26-27-47-43/h1-28H. The van der Waals surface area contributed by atoms with Gasteiger partial charge < -0.3 is 0 Å². The van der Waals surface area contributed by atoms with Gasteiger partial charge in [0, 0.05) is 22.7 Å². The van der Waals surface area contributed by atoms with Crippen LogP contribution in [0.25, 0.3) is 99.3 Å². The average Bonchev–Trinajstić information content (AvgIpc) is 3.20. The Kier molecular flexibility index (Phi) is 6.46. The molecular formula is C46H28N4. The maximum atomic E-state index is 5.10. The molecule has 4 nitrogen and oxygen atoms in total. The molecule has 0 bridgehead atoms. The minimum atomic E-state index is 0.545. The highest BCUT2D eigenvalue weighted by Gasteiger charge is 2.17. The second-order valence-electron chi connectivity index (χ2n) is 12.6. The maximum Gasteiger partial charge on any atom is 0.183 e. The van der Waals surface area contributed by atoms with E-state index < -0.39 is 0 Å². The zero-order chi connectivity index (χ0) is 33.0. The SMILES string of the molecule is c1ccc(-c2nc(-c3ccc(-c4cc5ccccc5c5ccccc45)cc3)nc(-c3nccc4c3ccc3ccc5ccccc5c34)n2)cc1. The molecule has 0 saturated carbocycles. The summed E-state index contributed by atoms with van der Waals surface area (Å²) in [5.74, 6) is 1.76. The molecule has 0 spiro atoms. The topological polar surface area (TPSA) is 51.6 Å². The van der Waals surface area contributed by atoms with Crippen molar-refractivity contribution in [3.8, 4) is 45.4 Å². The Bertz CT molecular complexity index is 2920. The van der Waals surface area contributed by atoms with E-state index in [1.807, 2.05) is 36.5 Å². The minimum absolute atomic E-state index is 0.545. The molecule has 0 atom stereocenters. The second kappa shape index (κ2) is 11.4. The van der Waals surface area contributed by atoms with Crippen molar-refractivity contribution in [1.82, 2.24) is 19.9 Å². The normalized spacial score (nSPS) is 11.6. The molecule has 0 radical (unpaired) electrons. The molecule has 2 aromatic heterocycles. The molecule has 4 heteroatoms. The first-order valence-electron chi connectivity index (χ1n) is 16.8. The maximum absolute atomic E-state index is 5.10. The number of nitrogens with zero attached hydrogens (tertiary/aromatic N) is 4. The smallest absolute Gasteiger partial charge is 0.183 e. The van der Waals surface area contributed by atoms with Gasteiger partial charge in [0.25, 0.3) is 0 Å². The second-order valence-corrected chi connectivity index (χ2v) is 12.6. The number of hydrogen-bond donors (Lipinski definition) is 0. The predicted molar refractivity (Wildman–Crippen MR) is 207 cm³/mol. The van der Waals surface area contributed by atoms with E-state index in [1.165, 1.54) is 48.7 Å². The lowest BCUT2D eigenvalue weighted by Gasteiger charge is -2.13. The molecular weight excluding hydrogens is 609 g/mol. The lowest BCUT2D eigenvalue weighted by atomic mass is 9.93. The Morgan fingerprint density at radius 2 is 0.900 bits per heavy atom. The van der Waals surface area contributed by atoms with Crippen LogP contribution < -0.4 is 0 Å². The first kappa shape index (κ1) is 28.3. The quantitative estimate of drug-likeness (QED) is 0.180. The van der Waals surface area contributed by atoms with Crippen LogP contribution in [0.5, 0.6) is 0 Å². The van der Waals surface area contributed by atoms with Gasteiger partial charge in [0.05, 0.1) is 0 Å². The van der Waals surface area contributed by atoms with Crippen LogP contribution in [0, 0.1) is 0 Å².